The molecule has 0 saturated carbocycles. The van der Waals surface area contributed by atoms with Crippen LogP contribution in [0.15, 0.2) is 66.4 Å². The Morgan fingerprint density at radius 2 is 1.98 bits per heavy atom. The maximum Gasteiger partial charge on any atom is 0.318 e. The van der Waals surface area contributed by atoms with E-state index in [1.54, 1.807) is 29.6 Å². The van der Waals surface area contributed by atoms with Gasteiger partial charge in [0.25, 0.3) is 0 Å². The molecular weight excluding hydrogens is 614 g/mol. The molecule has 3 aliphatic heterocycles. The highest BCUT2D eigenvalue weighted by molar-refractivity contribution is 5.97. The van der Waals surface area contributed by atoms with Crippen LogP contribution in [0.4, 0.5) is 11.5 Å². The minimum Gasteiger partial charge on any atom is -0.462 e. The van der Waals surface area contributed by atoms with Gasteiger partial charge in [-0.3, -0.25) is 9.80 Å². The number of anilines is 2. The van der Waals surface area contributed by atoms with Crippen LogP contribution >= 0.6 is 0 Å². The molecule has 0 aliphatic carbocycles. The van der Waals surface area contributed by atoms with Crippen molar-refractivity contribution in [1.29, 1.82) is 5.26 Å². The fraction of sp³-hybridized carbons (Fsp3) is 0.447. The van der Waals surface area contributed by atoms with Crippen molar-refractivity contribution >= 4 is 34.4 Å². The molecule has 2 atom stereocenters. The van der Waals surface area contributed by atoms with Crippen molar-refractivity contribution in [3.8, 4) is 12.1 Å². The molecule has 3 aliphatic rings. The highest BCUT2D eigenvalue weighted by Crippen LogP contribution is 2.36. The number of likely N-dealkylation sites (tertiary alicyclic amines) is 1. The molecule has 0 N–H and O–H groups in total. The summed E-state index contributed by atoms with van der Waals surface area (Å²) in [4.78, 5) is 32.2. The van der Waals surface area contributed by atoms with Crippen LogP contribution in [0.5, 0.6) is 6.01 Å². The fourth-order valence-electron chi connectivity index (χ4n) is 7.34. The molecule has 11 heteroatoms. The number of nitriles is 1. The summed E-state index contributed by atoms with van der Waals surface area (Å²) in [6.45, 7) is 12.9. The number of amides is 1. The van der Waals surface area contributed by atoms with Crippen LogP contribution in [0.25, 0.3) is 10.8 Å². The van der Waals surface area contributed by atoms with Crippen molar-refractivity contribution in [3.63, 3.8) is 0 Å². The minimum absolute atomic E-state index is 0.111. The van der Waals surface area contributed by atoms with Crippen LogP contribution in [0, 0.1) is 18.3 Å². The topological polar surface area (TPSA) is 104 Å². The molecular formula is C38H47N9O2. The number of carbonyl (C=O) groups is 1. The number of ether oxygens (including phenoxy) is 1. The van der Waals surface area contributed by atoms with E-state index in [1.165, 1.54) is 22.0 Å². The Morgan fingerprint density at radius 1 is 1.14 bits per heavy atom. The van der Waals surface area contributed by atoms with E-state index in [2.05, 4.69) is 82.8 Å². The SMILES string of the molecule is C=CN(C/C=C/C(=O)N1CCN(c2nc(OC[C@@H]3CCCN3C)nc3c2CCN(c2cccc4cccc(C)c24)C3)C[C@@H]1CC#N)/N=C\C. The highest BCUT2D eigenvalue weighted by Gasteiger charge is 2.34. The van der Waals surface area contributed by atoms with Gasteiger partial charge < -0.3 is 24.3 Å². The maximum absolute atomic E-state index is 13.3. The molecule has 0 radical (unpaired) electrons. The zero-order valence-corrected chi connectivity index (χ0v) is 29.0. The Kier molecular flexibility index (Phi) is 10.7. The largest absolute Gasteiger partial charge is 0.462 e. The van der Waals surface area contributed by atoms with Gasteiger partial charge in [0.1, 0.15) is 12.4 Å². The number of aryl methyl sites for hydroxylation is 1. The van der Waals surface area contributed by atoms with Crippen molar-refractivity contribution in [1.82, 2.24) is 24.8 Å². The van der Waals surface area contributed by atoms with Crippen LogP contribution in [0.1, 0.15) is 43.0 Å². The third-order valence-corrected chi connectivity index (χ3v) is 9.95. The number of hydrazone groups is 1. The molecule has 3 aromatic rings. The summed E-state index contributed by atoms with van der Waals surface area (Å²) < 4.78 is 6.36. The van der Waals surface area contributed by atoms with Crippen molar-refractivity contribution in [2.45, 2.75) is 58.2 Å². The standard InChI is InChI=1S/C38H47N9O2/c1-5-40-46(6-2)21-10-16-35(48)47-24-23-45(25-30(47)17-19-39)37-32-18-22-44(34-15-8-13-29-12-7-11-28(3)36(29)34)26-33(32)41-38(42-37)49-27-31-14-9-20-43(31)4/h5-8,10-13,15-16,30-31H,2,9,14,17-18,20-27H2,1,3-4H3/b16-10+,40-5-/t30-,31-/m0/s1. The molecule has 11 nitrogen and oxygen atoms in total. The van der Waals surface area contributed by atoms with Crippen LogP contribution in [-0.2, 0) is 17.8 Å². The summed E-state index contributed by atoms with van der Waals surface area (Å²) in [5.74, 6) is 0.748. The molecule has 6 rings (SSSR count). The van der Waals surface area contributed by atoms with E-state index in [0.29, 0.717) is 51.4 Å². The number of fused-ring (bicyclic) bond motifs is 2. The Morgan fingerprint density at radius 3 is 2.73 bits per heavy atom. The number of benzene rings is 2. The van der Waals surface area contributed by atoms with Crippen molar-refractivity contribution in [2.24, 2.45) is 5.10 Å². The van der Waals surface area contributed by atoms with Gasteiger partial charge in [-0.25, -0.2) is 0 Å². The molecule has 0 bridgehead atoms. The second kappa shape index (κ2) is 15.5. The molecule has 256 valence electrons. The van der Waals surface area contributed by atoms with Gasteiger partial charge in [0, 0.05) is 67.3 Å². The molecule has 0 unspecified atom stereocenters. The summed E-state index contributed by atoms with van der Waals surface area (Å²) >= 11 is 0. The predicted octanol–water partition coefficient (Wildman–Crippen LogP) is 4.91. The van der Waals surface area contributed by atoms with Gasteiger partial charge in [-0.2, -0.15) is 20.3 Å². The smallest absolute Gasteiger partial charge is 0.318 e. The lowest BCUT2D eigenvalue weighted by Crippen LogP contribution is -2.55. The van der Waals surface area contributed by atoms with Gasteiger partial charge >= 0.3 is 6.01 Å². The predicted molar refractivity (Wildman–Crippen MR) is 195 cm³/mol. The number of hydrogen-bond donors (Lipinski definition) is 0. The van der Waals surface area contributed by atoms with Crippen LogP contribution in [-0.4, -0.2) is 102 Å². The Balaban J connectivity index is 1.27. The number of piperazine rings is 1. The Labute approximate surface area is 289 Å². The zero-order valence-electron chi connectivity index (χ0n) is 29.0. The van der Waals surface area contributed by atoms with E-state index in [0.717, 1.165) is 49.4 Å². The first-order valence-electron chi connectivity index (χ1n) is 17.3. The van der Waals surface area contributed by atoms with Gasteiger partial charge in [0.05, 0.1) is 37.3 Å². The van der Waals surface area contributed by atoms with Gasteiger partial charge in [-0.1, -0.05) is 43.0 Å². The molecule has 1 aromatic heterocycles. The third kappa shape index (κ3) is 7.55. The quantitative estimate of drug-likeness (QED) is 0.161. The lowest BCUT2D eigenvalue weighted by molar-refractivity contribution is -0.128. The van der Waals surface area contributed by atoms with Crippen LogP contribution in [0.3, 0.4) is 0 Å². The average molecular weight is 662 g/mol. The lowest BCUT2D eigenvalue weighted by Gasteiger charge is -2.42. The van der Waals surface area contributed by atoms with Gasteiger partial charge in [-0.15, -0.1) is 0 Å². The first-order chi connectivity index (χ1) is 23.9. The number of hydrogen-bond acceptors (Lipinski definition) is 10. The summed E-state index contributed by atoms with van der Waals surface area (Å²) in [7, 11) is 2.14. The zero-order chi connectivity index (χ0) is 34.3. The molecule has 2 saturated heterocycles. The number of aromatic nitrogens is 2. The van der Waals surface area contributed by atoms with Gasteiger partial charge in [-0.05, 0) is 63.7 Å². The summed E-state index contributed by atoms with van der Waals surface area (Å²) in [6.07, 6.45) is 9.92. The molecule has 2 aromatic carbocycles. The third-order valence-electron chi connectivity index (χ3n) is 9.95. The summed E-state index contributed by atoms with van der Waals surface area (Å²) in [5, 5.41) is 18.1. The van der Waals surface area contributed by atoms with E-state index < -0.39 is 0 Å². The summed E-state index contributed by atoms with van der Waals surface area (Å²) in [5.41, 5.74) is 4.56. The van der Waals surface area contributed by atoms with E-state index in [4.69, 9.17) is 14.7 Å². The number of nitrogens with zero attached hydrogens (tertiary/aromatic N) is 9. The first kappa shape index (κ1) is 33.9. The van der Waals surface area contributed by atoms with Gasteiger partial charge in [0.15, 0.2) is 0 Å². The van der Waals surface area contributed by atoms with E-state index in [1.807, 2.05) is 11.8 Å². The maximum atomic E-state index is 13.3. The van der Waals surface area contributed by atoms with Crippen molar-refractivity contribution in [3.05, 3.63) is 78.1 Å². The molecule has 2 fully saturated rings. The lowest BCUT2D eigenvalue weighted by atomic mass is 9.99. The molecule has 1 amide bonds. The van der Waals surface area contributed by atoms with E-state index >= 15 is 0 Å². The first-order valence-corrected chi connectivity index (χ1v) is 17.3. The normalized spacial score (nSPS) is 19.8. The molecule has 4 heterocycles. The molecule has 49 heavy (non-hydrogen) atoms. The average Bonchev–Trinajstić information content (AvgIpc) is 3.53. The Hall–Kier alpha value is -4.95. The van der Waals surface area contributed by atoms with Gasteiger partial charge in [0.2, 0.25) is 5.91 Å². The second-order valence-corrected chi connectivity index (χ2v) is 13.0. The van der Waals surface area contributed by atoms with Crippen LogP contribution in [0.2, 0.25) is 0 Å². The number of likely N-dealkylation sites (N-methyl/N-ethyl adjacent to an activating group) is 1. The second-order valence-electron chi connectivity index (χ2n) is 13.0. The number of rotatable bonds is 11. The number of carbonyl (C=O) groups excluding carboxylic acids is 1. The summed E-state index contributed by atoms with van der Waals surface area (Å²) in [6, 6.07) is 15.7. The van der Waals surface area contributed by atoms with Crippen molar-refractivity contribution < 1.29 is 9.53 Å². The van der Waals surface area contributed by atoms with Crippen molar-refractivity contribution in [2.75, 3.05) is 62.7 Å². The fourth-order valence-corrected chi connectivity index (χ4v) is 7.34. The monoisotopic (exact) mass is 661 g/mol. The van der Waals surface area contributed by atoms with Crippen LogP contribution < -0.4 is 14.5 Å². The van der Waals surface area contributed by atoms with E-state index in [9.17, 15) is 10.1 Å². The van der Waals surface area contributed by atoms with E-state index in [-0.39, 0.29) is 18.4 Å². The molecule has 0 spiro atoms. The Bertz CT molecular complexity index is 1760. The highest BCUT2D eigenvalue weighted by atomic mass is 16.5. The minimum atomic E-state index is -0.277.